The normalized spacial score (nSPS) is 13.8. The highest BCUT2D eigenvalue weighted by Gasteiger charge is 2.32. The molecule has 0 saturated carbocycles. The van der Waals surface area contributed by atoms with E-state index in [1.54, 1.807) is 30.5 Å². The van der Waals surface area contributed by atoms with Crippen molar-refractivity contribution in [3.8, 4) is 0 Å². The zero-order valence-corrected chi connectivity index (χ0v) is 21.2. The number of carbonyl (C=O) groups excluding carboxylic acids is 5. The van der Waals surface area contributed by atoms with Crippen molar-refractivity contribution in [2.75, 3.05) is 0 Å². The molecule has 12 N–H and O–H groups in total. The number of hydrogen-bond acceptors (Lipinski definition) is 8. The largest absolute Gasteiger partial charge is 0.481 e. The van der Waals surface area contributed by atoms with Crippen LogP contribution in [0.1, 0.15) is 31.2 Å². The molecule has 0 saturated heterocycles. The van der Waals surface area contributed by atoms with Crippen LogP contribution in [0.25, 0.3) is 10.9 Å². The molecule has 0 radical (unpaired) electrons. The predicted octanol–water partition coefficient (Wildman–Crippen LogP) is -2.81. The van der Waals surface area contributed by atoms with E-state index in [4.69, 9.17) is 22.3 Å². The van der Waals surface area contributed by atoms with Crippen molar-refractivity contribution in [2.45, 2.75) is 56.3 Å². The van der Waals surface area contributed by atoms with E-state index in [-0.39, 0.29) is 12.8 Å². The third kappa shape index (κ3) is 9.39. The fourth-order valence-electron chi connectivity index (χ4n) is 3.77. The molecule has 1 aromatic heterocycles. The van der Waals surface area contributed by atoms with E-state index in [1.807, 2.05) is 5.32 Å². The Balaban J connectivity index is 2.31. The van der Waals surface area contributed by atoms with Crippen molar-refractivity contribution < 1.29 is 43.8 Å². The first-order valence-corrected chi connectivity index (χ1v) is 12.0. The summed E-state index contributed by atoms with van der Waals surface area (Å²) < 4.78 is 0. The summed E-state index contributed by atoms with van der Waals surface area (Å²) in [5.74, 6) is -7.74. The number of carboxylic acid groups (broad SMARTS) is 2. The Labute approximate surface area is 227 Å². The summed E-state index contributed by atoms with van der Waals surface area (Å²) in [7, 11) is 0. The van der Waals surface area contributed by atoms with Gasteiger partial charge in [0, 0.05) is 29.9 Å². The van der Waals surface area contributed by atoms with Gasteiger partial charge in [0.1, 0.15) is 18.1 Å². The fraction of sp³-hybridized carbons (Fsp3) is 0.375. The summed E-state index contributed by atoms with van der Waals surface area (Å²) in [5, 5.41) is 25.6. The van der Waals surface area contributed by atoms with Gasteiger partial charge in [-0.2, -0.15) is 0 Å². The summed E-state index contributed by atoms with van der Waals surface area (Å²) in [6.45, 7) is 0. The zero-order chi connectivity index (χ0) is 30.0. The monoisotopic (exact) mass is 561 g/mol. The molecule has 0 fully saturated rings. The van der Waals surface area contributed by atoms with Crippen LogP contribution in [0.2, 0.25) is 0 Å². The van der Waals surface area contributed by atoms with Crippen LogP contribution < -0.4 is 33.2 Å². The molecule has 1 aromatic carbocycles. The van der Waals surface area contributed by atoms with E-state index >= 15 is 0 Å². The van der Waals surface area contributed by atoms with Crippen LogP contribution in [-0.4, -0.2) is 80.8 Å². The van der Waals surface area contributed by atoms with Crippen LogP contribution in [0.4, 0.5) is 0 Å². The van der Waals surface area contributed by atoms with Crippen molar-refractivity contribution in [3.05, 3.63) is 36.0 Å². The van der Waals surface area contributed by atoms with E-state index in [0.29, 0.717) is 5.56 Å². The van der Waals surface area contributed by atoms with Gasteiger partial charge in [0.25, 0.3) is 0 Å². The first-order chi connectivity index (χ1) is 18.8. The highest BCUT2D eigenvalue weighted by Crippen LogP contribution is 2.19. The zero-order valence-electron chi connectivity index (χ0n) is 21.2. The summed E-state index contributed by atoms with van der Waals surface area (Å²) in [6, 6.07) is 1.03. The summed E-state index contributed by atoms with van der Waals surface area (Å²) in [4.78, 5) is 86.9. The SMILES string of the molecule is NC(=O)CC(NC(=O)C(CC(N)=O)NC(=O)C(Cc1c[nH]c2ccccc12)NC(=O)C(N)CCC(=O)O)C(=O)O. The second-order valence-corrected chi connectivity index (χ2v) is 8.97. The highest BCUT2D eigenvalue weighted by molar-refractivity contribution is 5.97. The Morgan fingerprint density at radius 2 is 1.35 bits per heavy atom. The van der Waals surface area contributed by atoms with E-state index in [1.165, 1.54) is 0 Å². The van der Waals surface area contributed by atoms with Crippen molar-refractivity contribution in [1.82, 2.24) is 20.9 Å². The van der Waals surface area contributed by atoms with Gasteiger partial charge in [-0.25, -0.2) is 4.79 Å². The summed E-state index contributed by atoms with van der Waals surface area (Å²) in [5.41, 5.74) is 17.3. The van der Waals surface area contributed by atoms with Gasteiger partial charge in [0.2, 0.25) is 29.5 Å². The molecule has 0 aliphatic carbocycles. The molecule has 2 aromatic rings. The van der Waals surface area contributed by atoms with Gasteiger partial charge in [-0.15, -0.1) is 0 Å². The molecule has 5 amide bonds. The van der Waals surface area contributed by atoms with Gasteiger partial charge in [0.05, 0.1) is 18.9 Å². The van der Waals surface area contributed by atoms with E-state index < -0.39 is 84.9 Å². The van der Waals surface area contributed by atoms with Crippen LogP contribution >= 0.6 is 0 Å². The minimum atomic E-state index is -1.74. The molecule has 40 heavy (non-hydrogen) atoms. The number of amides is 5. The number of fused-ring (bicyclic) bond motifs is 1. The molecule has 0 bridgehead atoms. The number of nitrogens with two attached hydrogens (primary N) is 3. The predicted molar refractivity (Wildman–Crippen MR) is 138 cm³/mol. The lowest BCUT2D eigenvalue weighted by Gasteiger charge is -2.24. The molecule has 16 nitrogen and oxygen atoms in total. The summed E-state index contributed by atoms with van der Waals surface area (Å²) >= 11 is 0. The number of aliphatic carboxylic acids is 2. The lowest BCUT2D eigenvalue weighted by Crippen LogP contribution is -2.58. The Hall–Kier alpha value is -4.99. The Morgan fingerprint density at radius 3 is 1.95 bits per heavy atom. The van der Waals surface area contributed by atoms with Gasteiger partial charge in [-0.05, 0) is 18.1 Å². The standard InChI is InChI=1S/C24H31N7O9/c25-13(5-6-20(34)35)21(36)29-15(7-11-10-28-14-4-2-1-3-12(11)14)22(37)30-16(8-18(26)32)23(38)31-17(24(39)40)9-19(27)33/h1-4,10,13,15-17,28H,5-9,25H2,(H2,26,32)(H2,27,33)(H,29,36)(H,30,37)(H,31,38)(H,34,35)(H,39,40). The molecule has 16 heteroatoms. The fourth-order valence-corrected chi connectivity index (χ4v) is 3.77. The molecule has 216 valence electrons. The van der Waals surface area contributed by atoms with Crippen LogP contribution in [0.15, 0.2) is 30.5 Å². The molecular formula is C24H31N7O9. The molecule has 0 spiro atoms. The maximum Gasteiger partial charge on any atom is 0.326 e. The van der Waals surface area contributed by atoms with Gasteiger partial charge in [0.15, 0.2) is 0 Å². The third-order valence-electron chi connectivity index (χ3n) is 5.80. The number of hydrogen-bond donors (Lipinski definition) is 9. The number of H-pyrrole nitrogens is 1. The van der Waals surface area contributed by atoms with E-state index in [2.05, 4.69) is 15.6 Å². The minimum absolute atomic E-state index is 0.114. The van der Waals surface area contributed by atoms with Crippen LogP contribution in [-0.2, 0) is 40.0 Å². The van der Waals surface area contributed by atoms with Crippen molar-refractivity contribution in [3.63, 3.8) is 0 Å². The summed E-state index contributed by atoms with van der Waals surface area (Å²) in [6.07, 6.45) is -0.622. The van der Waals surface area contributed by atoms with E-state index in [0.717, 1.165) is 10.9 Å². The maximum atomic E-state index is 13.3. The topological polar surface area (TPSA) is 290 Å². The van der Waals surface area contributed by atoms with Gasteiger partial charge in [-0.1, -0.05) is 18.2 Å². The molecule has 0 aliphatic rings. The van der Waals surface area contributed by atoms with Crippen LogP contribution in [0.5, 0.6) is 0 Å². The van der Waals surface area contributed by atoms with Crippen LogP contribution in [0.3, 0.4) is 0 Å². The lowest BCUT2D eigenvalue weighted by atomic mass is 10.0. The molecular weight excluding hydrogens is 530 g/mol. The first-order valence-electron chi connectivity index (χ1n) is 12.0. The number of rotatable bonds is 16. The van der Waals surface area contributed by atoms with Crippen molar-refractivity contribution in [2.24, 2.45) is 17.2 Å². The van der Waals surface area contributed by atoms with E-state index in [9.17, 15) is 38.7 Å². The number of benzene rings is 1. The highest BCUT2D eigenvalue weighted by atomic mass is 16.4. The quantitative estimate of drug-likeness (QED) is 0.101. The number of para-hydroxylation sites is 1. The van der Waals surface area contributed by atoms with Crippen molar-refractivity contribution >= 4 is 52.4 Å². The number of carbonyl (C=O) groups is 7. The second-order valence-electron chi connectivity index (χ2n) is 8.97. The number of aromatic amines is 1. The number of carboxylic acids is 2. The molecule has 2 rings (SSSR count). The van der Waals surface area contributed by atoms with Gasteiger partial charge < -0.3 is 48.3 Å². The van der Waals surface area contributed by atoms with Crippen molar-refractivity contribution in [1.29, 1.82) is 0 Å². The molecule has 4 atom stereocenters. The molecule has 0 aliphatic heterocycles. The number of aromatic nitrogens is 1. The molecule has 4 unspecified atom stereocenters. The van der Waals surface area contributed by atoms with Gasteiger partial charge in [-0.3, -0.25) is 28.8 Å². The number of primary amides is 2. The average Bonchev–Trinajstić information content (AvgIpc) is 3.28. The Morgan fingerprint density at radius 1 is 0.800 bits per heavy atom. The van der Waals surface area contributed by atoms with Gasteiger partial charge >= 0.3 is 11.9 Å². The number of nitrogens with one attached hydrogen (secondary N) is 4. The van der Waals surface area contributed by atoms with Crippen LogP contribution in [0, 0.1) is 0 Å². The third-order valence-corrected chi connectivity index (χ3v) is 5.80. The minimum Gasteiger partial charge on any atom is -0.481 e. The lowest BCUT2D eigenvalue weighted by molar-refractivity contribution is -0.144. The second kappa shape index (κ2) is 14.2. The smallest absolute Gasteiger partial charge is 0.326 e. The Kier molecular flexibility index (Phi) is 11.1. The maximum absolute atomic E-state index is 13.3. The average molecular weight is 562 g/mol. The Bertz CT molecular complexity index is 1290. The first kappa shape index (κ1) is 31.2. The molecule has 1 heterocycles.